The Kier molecular flexibility index (Phi) is 4.63. The first-order chi connectivity index (χ1) is 9.54. The highest BCUT2D eigenvalue weighted by Gasteiger charge is 2.25. The van der Waals surface area contributed by atoms with Gasteiger partial charge in [-0.3, -0.25) is 9.59 Å². The number of nitrogens with one attached hydrogen (secondary N) is 1. The van der Waals surface area contributed by atoms with Gasteiger partial charge in [0.1, 0.15) is 5.75 Å². The van der Waals surface area contributed by atoms with Gasteiger partial charge in [-0.15, -0.1) is 0 Å². The Hall–Kier alpha value is -2.01. The van der Waals surface area contributed by atoms with Gasteiger partial charge in [0.25, 0.3) is 5.91 Å². The molecule has 0 saturated heterocycles. The number of carbonyl (C=O) groups excluding carboxylic acids is 1. The molecular formula is C14H14ClNO4. The van der Waals surface area contributed by atoms with E-state index in [1.165, 1.54) is 0 Å². The van der Waals surface area contributed by atoms with E-state index in [4.69, 9.17) is 21.4 Å². The maximum atomic E-state index is 11.7. The maximum Gasteiger partial charge on any atom is 0.310 e. The van der Waals surface area contributed by atoms with Gasteiger partial charge in [0.15, 0.2) is 6.61 Å². The number of hydrogen-bond acceptors (Lipinski definition) is 3. The predicted molar refractivity (Wildman–Crippen MR) is 73.8 cm³/mol. The lowest BCUT2D eigenvalue weighted by Crippen LogP contribution is -2.36. The van der Waals surface area contributed by atoms with E-state index >= 15 is 0 Å². The van der Waals surface area contributed by atoms with Crippen molar-refractivity contribution < 1.29 is 19.4 Å². The number of halogens is 1. The third-order valence-corrected chi connectivity index (χ3v) is 3.15. The van der Waals surface area contributed by atoms with Crippen LogP contribution in [0, 0.1) is 5.92 Å². The molecule has 1 aliphatic rings. The summed E-state index contributed by atoms with van der Waals surface area (Å²) >= 11 is 5.80. The molecule has 1 aromatic carbocycles. The Morgan fingerprint density at radius 1 is 1.40 bits per heavy atom. The van der Waals surface area contributed by atoms with Crippen LogP contribution in [0.15, 0.2) is 36.4 Å². The highest BCUT2D eigenvalue weighted by atomic mass is 35.5. The maximum absolute atomic E-state index is 11.7. The van der Waals surface area contributed by atoms with Gasteiger partial charge in [-0.1, -0.05) is 29.8 Å². The number of carbonyl (C=O) groups is 2. The third kappa shape index (κ3) is 3.99. The number of carboxylic acid groups (broad SMARTS) is 1. The van der Waals surface area contributed by atoms with Crippen molar-refractivity contribution in [3.63, 3.8) is 0 Å². The van der Waals surface area contributed by atoms with Crippen molar-refractivity contribution in [2.45, 2.75) is 12.5 Å². The largest absolute Gasteiger partial charge is 0.484 e. The third-order valence-electron chi connectivity index (χ3n) is 2.91. The van der Waals surface area contributed by atoms with E-state index in [9.17, 15) is 9.59 Å². The molecule has 1 aromatic rings. The summed E-state index contributed by atoms with van der Waals surface area (Å²) in [5, 5.41) is 12.1. The summed E-state index contributed by atoms with van der Waals surface area (Å²) in [5.41, 5.74) is 0. The lowest BCUT2D eigenvalue weighted by atomic mass is 10.1. The van der Waals surface area contributed by atoms with Gasteiger partial charge in [-0.25, -0.2) is 0 Å². The molecule has 0 fully saturated rings. The minimum Gasteiger partial charge on any atom is -0.484 e. The molecule has 2 rings (SSSR count). The molecule has 1 aliphatic carbocycles. The molecule has 0 bridgehead atoms. The zero-order chi connectivity index (χ0) is 14.5. The summed E-state index contributed by atoms with van der Waals surface area (Å²) < 4.78 is 5.30. The minimum atomic E-state index is -0.881. The Bertz CT molecular complexity index is 544. The van der Waals surface area contributed by atoms with Crippen LogP contribution in [-0.4, -0.2) is 29.6 Å². The topological polar surface area (TPSA) is 75.6 Å². The van der Waals surface area contributed by atoms with Crippen LogP contribution in [0.2, 0.25) is 5.02 Å². The Morgan fingerprint density at radius 3 is 2.85 bits per heavy atom. The van der Waals surface area contributed by atoms with Gasteiger partial charge in [-0.2, -0.15) is 0 Å². The van der Waals surface area contributed by atoms with Crippen molar-refractivity contribution in [2.75, 3.05) is 6.61 Å². The summed E-state index contributed by atoms with van der Waals surface area (Å²) in [6, 6.07) is 6.50. The summed E-state index contributed by atoms with van der Waals surface area (Å²) in [6.07, 6.45) is 3.65. The normalized spacial score (nSPS) is 20.6. The molecule has 1 amide bonds. The van der Waals surface area contributed by atoms with Gasteiger partial charge in [-0.05, 0) is 24.6 Å². The smallest absolute Gasteiger partial charge is 0.310 e. The molecule has 0 spiro atoms. The molecular weight excluding hydrogens is 282 g/mol. The number of rotatable bonds is 5. The molecule has 6 heteroatoms. The number of amides is 1. The van der Waals surface area contributed by atoms with Crippen LogP contribution < -0.4 is 10.1 Å². The van der Waals surface area contributed by atoms with Gasteiger partial charge in [0.2, 0.25) is 0 Å². The van der Waals surface area contributed by atoms with E-state index in [1.54, 1.807) is 36.4 Å². The first-order valence-corrected chi connectivity index (χ1v) is 6.51. The van der Waals surface area contributed by atoms with E-state index in [0.29, 0.717) is 17.2 Å². The van der Waals surface area contributed by atoms with Crippen LogP contribution in [0.25, 0.3) is 0 Å². The lowest BCUT2D eigenvalue weighted by Gasteiger charge is -2.12. The fourth-order valence-corrected chi connectivity index (χ4v) is 2.12. The van der Waals surface area contributed by atoms with Gasteiger partial charge < -0.3 is 15.2 Å². The highest BCUT2D eigenvalue weighted by Crippen LogP contribution is 2.18. The fraction of sp³-hybridized carbons (Fsp3) is 0.286. The molecule has 0 aromatic heterocycles. The van der Waals surface area contributed by atoms with Crippen LogP contribution >= 0.6 is 11.6 Å². The predicted octanol–water partition coefficient (Wildman–Crippen LogP) is 1.86. The van der Waals surface area contributed by atoms with Crippen molar-refractivity contribution in [2.24, 2.45) is 5.92 Å². The van der Waals surface area contributed by atoms with E-state index in [0.717, 1.165) is 0 Å². The van der Waals surface area contributed by atoms with Gasteiger partial charge in [0.05, 0.1) is 5.92 Å². The van der Waals surface area contributed by atoms with Crippen molar-refractivity contribution >= 4 is 23.5 Å². The van der Waals surface area contributed by atoms with E-state index in [2.05, 4.69) is 5.32 Å². The number of aliphatic carboxylic acids is 1. The number of benzene rings is 1. The van der Waals surface area contributed by atoms with Crippen molar-refractivity contribution in [1.29, 1.82) is 0 Å². The monoisotopic (exact) mass is 295 g/mol. The molecule has 2 atom stereocenters. The molecule has 5 nitrogen and oxygen atoms in total. The van der Waals surface area contributed by atoms with Gasteiger partial charge in [0, 0.05) is 11.1 Å². The number of hydrogen-bond donors (Lipinski definition) is 2. The van der Waals surface area contributed by atoms with Crippen LogP contribution in [-0.2, 0) is 9.59 Å². The van der Waals surface area contributed by atoms with E-state index in [-0.39, 0.29) is 18.6 Å². The first-order valence-electron chi connectivity index (χ1n) is 6.13. The second kappa shape index (κ2) is 6.43. The number of ether oxygens (including phenoxy) is 1. The van der Waals surface area contributed by atoms with E-state index < -0.39 is 11.9 Å². The zero-order valence-corrected chi connectivity index (χ0v) is 11.3. The molecule has 0 radical (unpaired) electrons. The summed E-state index contributed by atoms with van der Waals surface area (Å²) in [5.74, 6) is -1.20. The molecule has 106 valence electrons. The molecule has 0 aliphatic heterocycles. The molecule has 20 heavy (non-hydrogen) atoms. The van der Waals surface area contributed by atoms with Crippen molar-refractivity contribution in [1.82, 2.24) is 5.32 Å². The average Bonchev–Trinajstić information content (AvgIpc) is 2.85. The Balaban J connectivity index is 1.77. The first kappa shape index (κ1) is 14.4. The van der Waals surface area contributed by atoms with Crippen molar-refractivity contribution in [3.05, 3.63) is 41.4 Å². The highest BCUT2D eigenvalue weighted by molar-refractivity contribution is 6.30. The number of carboxylic acids is 1. The summed E-state index contributed by atoms with van der Waals surface area (Å²) in [7, 11) is 0. The molecule has 2 N–H and O–H groups in total. The van der Waals surface area contributed by atoms with E-state index in [1.807, 2.05) is 0 Å². The standard InChI is InChI=1S/C14H14ClNO4/c15-10-2-1-3-12(7-10)20-8-13(17)16-11-5-4-9(6-11)14(18)19/h1-5,7,9,11H,6,8H2,(H,16,17)(H,18,19). The molecule has 2 unspecified atom stereocenters. The van der Waals surface area contributed by atoms with Gasteiger partial charge >= 0.3 is 5.97 Å². The minimum absolute atomic E-state index is 0.136. The fourth-order valence-electron chi connectivity index (χ4n) is 1.94. The van der Waals surface area contributed by atoms with Crippen LogP contribution in [0.1, 0.15) is 6.42 Å². The van der Waals surface area contributed by atoms with Crippen LogP contribution in [0.5, 0.6) is 5.75 Å². The Morgan fingerprint density at radius 2 is 2.20 bits per heavy atom. The lowest BCUT2D eigenvalue weighted by molar-refractivity contribution is -0.140. The molecule has 0 saturated carbocycles. The summed E-state index contributed by atoms with van der Waals surface area (Å²) in [4.78, 5) is 22.5. The quantitative estimate of drug-likeness (QED) is 0.813. The zero-order valence-electron chi connectivity index (χ0n) is 10.6. The summed E-state index contributed by atoms with van der Waals surface area (Å²) in [6.45, 7) is -0.136. The van der Waals surface area contributed by atoms with Crippen LogP contribution in [0.4, 0.5) is 0 Å². The second-order valence-electron chi connectivity index (χ2n) is 4.49. The Labute approximate surface area is 121 Å². The SMILES string of the molecule is O=C(COc1cccc(Cl)c1)NC1C=CC(C(=O)O)C1. The second-order valence-corrected chi connectivity index (χ2v) is 4.92. The van der Waals surface area contributed by atoms with Crippen LogP contribution in [0.3, 0.4) is 0 Å². The van der Waals surface area contributed by atoms with Crippen molar-refractivity contribution in [3.8, 4) is 5.75 Å². The average molecular weight is 296 g/mol. The molecule has 0 heterocycles.